The van der Waals surface area contributed by atoms with Crippen molar-refractivity contribution in [3.8, 4) is 11.1 Å². The third kappa shape index (κ3) is 3.34. The first-order valence-corrected chi connectivity index (χ1v) is 7.68. The fourth-order valence-electron chi connectivity index (χ4n) is 2.58. The number of para-hydroxylation sites is 1. The van der Waals surface area contributed by atoms with Crippen molar-refractivity contribution in [2.24, 2.45) is 0 Å². The topological polar surface area (TPSA) is 118 Å². The van der Waals surface area contributed by atoms with Gasteiger partial charge in [0.1, 0.15) is 5.56 Å². The molecule has 0 aliphatic heterocycles. The second-order valence-electron chi connectivity index (χ2n) is 5.51. The monoisotopic (exact) mass is 350 g/mol. The summed E-state index contributed by atoms with van der Waals surface area (Å²) in [6.45, 7) is 1.64. The number of carbonyl (C=O) groups excluding carboxylic acids is 1. The molecule has 1 amide bonds. The van der Waals surface area contributed by atoms with Gasteiger partial charge in [-0.2, -0.15) is 5.10 Å². The van der Waals surface area contributed by atoms with E-state index in [9.17, 15) is 19.7 Å². The Hall–Kier alpha value is -3.81. The average Bonchev–Trinajstić information content (AvgIpc) is 2.64. The number of hydrogen-bond acceptors (Lipinski definition) is 5. The van der Waals surface area contributed by atoms with Crippen LogP contribution >= 0.6 is 0 Å². The van der Waals surface area contributed by atoms with Crippen molar-refractivity contribution in [1.29, 1.82) is 0 Å². The van der Waals surface area contributed by atoms with Crippen LogP contribution in [0.25, 0.3) is 11.1 Å². The van der Waals surface area contributed by atoms with Gasteiger partial charge in [-0.15, -0.1) is 0 Å². The molecule has 0 unspecified atom stereocenters. The summed E-state index contributed by atoms with van der Waals surface area (Å²) in [5.74, 6) is -0.587. The van der Waals surface area contributed by atoms with Crippen LogP contribution in [-0.2, 0) is 0 Å². The van der Waals surface area contributed by atoms with E-state index >= 15 is 0 Å². The number of aromatic nitrogens is 2. The van der Waals surface area contributed by atoms with Crippen LogP contribution in [0.4, 0.5) is 11.4 Å². The van der Waals surface area contributed by atoms with E-state index in [2.05, 4.69) is 15.5 Å². The lowest BCUT2D eigenvalue weighted by atomic mass is 9.99. The summed E-state index contributed by atoms with van der Waals surface area (Å²) in [6, 6.07) is 14.3. The molecule has 0 bridgehead atoms. The van der Waals surface area contributed by atoms with Crippen molar-refractivity contribution in [2.75, 3.05) is 5.32 Å². The number of hydrogen-bond donors (Lipinski definition) is 2. The summed E-state index contributed by atoms with van der Waals surface area (Å²) in [4.78, 5) is 35.3. The largest absolute Gasteiger partial charge is 0.322 e. The Kier molecular flexibility index (Phi) is 4.57. The SMILES string of the molecule is Cc1n[nH]c(=O)c(C(=O)Nc2ccccc2)c1-c1ccc([N+](=O)[O-])cc1. The number of rotatable bonds is 4. The van der Waals surface area contributed by atoms with Crippen LogP contribution in [0.5, 0.6) is 0 Å². The Morgan fingerprint density at radius 2 is 1.77 bits per heavy atom. The van der Waals surface area contributed by atoms with Crippen molar-refractivity contribution < 1.29 is 9.72 Å². The van der Waals surface area contributed by atoms with Crippen LogP contribution in [0.15, 0.2) is 59.4 Å². The average molecular weight is 350 g/mol. The first-order chi connectivity index (χ1) is 12.5. The molecular formula is C18H14N4O4. The molecule has 3 aromatic rings. The van der Waals surface area contributed by atoms with Gasteiger partial charge in [0.15, 0.2) is 0 Å². The second-order valence-corrected chi connectivity index (χ2v) is 5.51. The van der Waals surface area contributed by atoms with Crippen LogP contribution in [-0.4, -0.2) is 21.0 Å². The van der Waals surface area contributed by atoms with Gasteiger partial charge in [0, 0.05) is 23.4 Å². The molecular weight excluding hydrogens is 336 g/mol. The molecule has 130 valence electrons. The Bertz CT molecular complexity index is 1030. The van der Waals surface area contributed by atoms with Gasteiger partial charge in [0.2, 0.25) is 0 Å². The number of anilines is 1. The Morgan fingerprint density at radius 3 is 2.38 bits per heavy atom. The predicted octanol–water partition coefficient (Wildman–Crippen LogP) is 2.91. The van der Waals surface area contributed by atoms with Crippen LogP contribution in [0.1, 0.15) is 16.1 Å². The van der Waals surface area contributed by atoms with E-state index in [0.29, 0.717) is 22.5 Å². The first-order valence-electron chi connectivity index (χ1n) is 7.68. The highest BCUT2D eigenvalue weighted by Crippen LogP contribution is 2.26. The molecule has 0 saturated carbocycles. The van der Waals surface area contributed by atoms with Gasteiger partial charge in [0.05, 0.1) is 10.6 Å². The molecule has 8 nitrogen and oxygen atoms in total. The quantitative estimate of drug-likeness (QED) is 0.554. The maximum Gasteiger partial charge on any atom is 0.277 e. The number of amides is 1. The second kappa shape index (κ2) is 6.98. The lowest BCUT2D eigenvalue weighted by Gasteiger charge is -2.11. The zero-order valence-electron chi connectivity index (χ0n) is 13.7. The maximum atomic E-state index is 12.7. The number of benzene rings is 2. The maximum absolute atomic E-state index is 12.7. The molecule has 0 spiro atoms. The van der Waals surface area contributed by atoms with Crippen LogP contribution in [0, 0.1) is 17.0 Å². The third-order valence-electron chi connectivity index (χ3n) is 3.79. The zero-order chi connectivity index (χ0) is 18.7. The Balaban J connectivity index is 2.08. The Labute approximate surface area is 147 Å². The molecule has 1 aromatic heterocycles. The molecule has 0 radical (unpaired) electrons. The Morgan fingerprint density at radius 1 is 1.12 bits per heavy atom. The van der Waals surface area contributed by atoms with E-state index in [1.807, 2.05) is 0 Å². The van der Waals surface area contributed by atoms with Gasteiger partial charge in [-0.25, -0.2) is 5.10 Å². The van der Waals surface area contributed by atoms with E-state index in [4.69, 9.17) is 0 Å². The van der Waals surface area contributed by atoms with E-state index in [-0.39, 0.29) is 11.3 Å². The van der Waals surface area contributed by atoms with Crippen molar-refractivity contribution in [3.05, 3.63) is 86.3 Å². The molecule has 2 aromatic carbocycles. The van der Waals surface area contributed by atoms with Gasteiger partial charge >= 0.3 is 0 Å². The van der Waals surface area contributed by atoms with Crippen LogP contribution < -0.4 is 10.9 Å². The minimum absolute atomic E-state index is 0.0838. The van der Waals surface area contributed by atoms with Crippen molar-refractivity contribution in [2.45, 2.75) is 6.92 Å². The molecule has 0 saturated heterocycles. The highest BCUT2D eigenvalue weighted by molar-refractivity contribution is 6.08. The summed E-state index contributed by atoms with van der Waals surface area (Å²) in [6.07, 6.45) is 0. The van der Waals surface area contributed by atoms with Gasteiger partial charge < -0.3 is 5.32 Å². The lowest BCUT2D eigenvalue weighted by molar-refractivity contribution is -0.384. The van der Waals surface area contributed by atoms with Gasteiger partial charge in [0.25, 0.3) is 17.2 Å². The molecule has 0 aliphatic carbocycles. The van der Waals surface area contributed by atoms with E-state index in [1.165, 1.54) is 24.3 Å². The number of H-pyrrole nitrogens is 1. The number of aromatic amines is 1. The molecule has 0 aliphatic rings. The molecule has 3 rings (SSSR count). The zero-order valence-corrected chi connectivity index (χ0v) is 13.7. The molecule has 0 atom stereocenters. The molecule has 2 N–H and O–H groups in total. The van der Waals surface area contributed by atoms with Crippen molar-refractivity contribution >= 4 is 17.3 Å². The summed E-state index contributed by atoms with van der Waals surface area (Å²) >= 11 is 0. The van der Waals surface area contributed by atoms with Gasteiger partial charge in [-0.3, -0.25) is 19.7 Å². The fourth-order valence-corrected chi connectivity index (χ4v) is 2.58. The summed E-state index contributed by atoms with van der Waals surface area (Å²) < 4.78 is 0. The van der Waals surface area contributed by atoms with Crippen LogP contribution in [0.2, 0.25) is 0 Å². The minimum Gasteiger partial charge on any atom is -0.322 e. The number of nitrogens with one attached hydrogen (secondary N) is 2. The minimum atomic E-state index is -0.641. The number of nitro groups is 1. The number of carbonyl (C=O) groups is 1. The van der Waals surface area contributed by atoms with Gasteiger partial charge in [-0.05, 0) is 36.8 Å². The van der Waals surface area contributed by atoms with E-state index in [1.54, 1.807) is 37.3 Å². The molecule has 1 heterocycles. The molecule has 8 heteroatoms. The smallest absolute Gasteiger partial charge is 0.277 e. The van der Waals surface area contributed by atoms with Crippen molar-refractivity contribution in [3.63, 3.8) is 0 Å². The number of non-ortho nitro benzene ring substituents is 1. The number of nitro benzene ring substituents is 1. The molecule has 0 fully saturated rings. The number of nitrogens with zero attached hydrogens (tertiary/aromatic N) is 2. The summed E-state index contributed by atoms with van der Waals surface area (Å²) in [5.41, 5.74) is 0.965. The third-order valence-corrected chi connectivity index (χ3v) is 3.79. The van der Waals surface area contributed by atoms with E-state index < -0.39 is 16.4 Å². The van der Waals surface area contributed by atoms with Crippen molar-refractivity contribution in [1.82, 2.24) is 10.2 Å². The van der Waals surface area contributed by atoms with E-state index in [0.717, 1.165) is 0 Å². The normalized spacial score (nSPS) is 10.3. The highest BCUT2D eigenvalue weighted by Gasteiger charge is 2.21. The molecule has 26 heavy (non-hydrogen) atoms. The highest BCUT2D eigenvalue weighted by atomic mass is 16.6. The lowest BCUT2D eigenvalue weighted by Crippen LogP contribution is -2.26. The summed E-state index contributed by atoms with van der Waals surface area (Å²) in [7, 11) is 0. The number of aryl methyl sites for hydroxylation is 1. The van der Waals surface area contributed by atoms with Gasteiger partial charge in [-0.1, -0.05) is 18.2 Å². The standard InChI is InChI=1S/C18H14N4O4/c1-11-15(12-7-9-14(10-8-12)22(25)26)16(18(24)21-20-11)17(23)19-13-5-3-2-4-6-13/h2-10H,1H3,(H,19,23)(H,21,24). The fraction of sp³-hybridized carbons (Fsp3) is 0.0556. The van der Waals surface area contributed by atoms with Crippen LogP contribution in [0.3, 0.4) is 0 Å². The predicted molar refractivity (Wildman–Crippen MR) is 96.1 cm³/mol. The summed E-state index contributed by atoms with van der Waals surface area (Å²) in [5, 5.41) is 19.7. The first kappa shape index (κ1) is 17.0.